The molecule has 1 aliphatic rings. The van der Waals surface area contributed by atoms with E-state index in [1.54, 1.807) is 0 Å². The summed E-state index contributed by atoms with van der Waals surface area (Å²) in [6.07, 6.45) is 11.6. The Kier molecular flexibility index (Phi) is 8.65. The van der Waals surface area contributed by atoms with Crippen LogP contribution in [0.5, 0.6) is 0 Å². The van der Waals surface area contributed by atoms with Gasteiger partial charge in [-0.05, 0) is 89.8 Å². The van der Waals surface area contributed by atoms with E-state index in [-0.39, 0.29) is 2.85 Å². The molecule has 2 aromatic carbocycles. The lowest BCUT2D eigenvalue weighted by molar-refractivity contribution is 0.868. The predicted molar refractivity (Wildman–Crippen MR) is 148 cm³/mol. The Labute approximate surface area is 202 Å². The van der Waals surface area contributed by atoms with E-state index in [9.17, 15) is 0 Å². The Morgan fingerprint density at radius 2 is 1.79 bits per heavy atom. The first-order chi connectivity index (χ1) is 16.0. The monoisotopic (exact) mass is 442 g/mol. The second-order valence-electron chi connectivity index (χ2n) is 8.75. The fraction of sp³-hybridized carbons (Fsp3) is 0.323. The Morgan fingerprint density at radius 1 is 1.00 bits per heavy atom. The first-order valence-corrected chi connectivity index (χ1v) is 12.3. The average molecular weight is 443 g/mol. The summed E-state index contributed by atoms with van der Waals surface area (Å²) in [6.45, 7) is 12.7. The molecule has 0 saturated carbocycles. The molecular weight excluding hydrogens is 400 g/mol. The van der Waals surface area contributed by atoms with E-state index in [0.29, 0.717) is 5.92 Å². The van der Waals surface area contributed by atoms with Gasteiger partial charge in [0.15, 0.2) is 0 Å². The van der Waals surface area contributed by atoms with E-state index in [1.165, 1.54) is 44.3 Å². The van der Waals surface area contributed by atoms with Crippen LogP contribution in [0.4, 0.5) is 0 Å². The Balaban J connectivity index is 0.000000315. The standard InChI is InChI=1S/C16H15N.C13H17N.C2H6.2H2/c1-12-9-14(7-8-17-12)10-13-5-6-15-3-2-4-16(15)11-13;1-4-10-8-14-13-6-5-11(9(2)3)7-12(10)13;1-2;;/h2-3,5-9,11H,4,10H2,1H3;5-9,14H,4H2,1-3H3;1-2H3;2*1H. The molecule has 4 aromatic rings. The van der Waals surface area contributed by atoms with Crippen molar-refractivity contribution in [1.82, 2.24) is 9.97 Å². The van der Waals surface area contributed by atoms with E-state index in [4.69, 9.17) is 0 Å². The molecule has 0 spiro atoms. The number of nitrogens with one attached hydrogen (secondary N) is 1. The zero-order chi connectivity index (χ0) is 23.8. The van der Waals surface area contributed by atoms with Crippen LogP contribution in [0.25, 0.3) is 17.0 Å². The van der Waals surface area contributed by atoms with Gasteiger partial charge in [0.25, 0.3) is 0 Å². The zero-order valence-corrected chi connectivity index (χ0v) is 21.1. The van der Waals surface area contributed by atoms with Crippen LogP contribution in [0, 0.1) is 6.92 Å². The van der Waals surface area contributed by atoms with Crippen molar-refractivity contribution in [3.8, 4) is 0 Å². The number of hydrogen-bond acceptors (Lipinski definition) is 1. The van der Waals surface area contributed by atoms with Crippen LogP contribution in [0.15, 0.2) is 67.0 Å². The van der Waals surface area contributed by atoms with Gasteiger partial charge in [0, 0.05) is 31.8 Å². The SMILES string of the molecule is CC.CCc1c[nH]c2ccc(C(C)C)cc12.Cc1cc(Cc2ccc3c(c2)CC=C3)ccn1.[HH].[HH]. The predicted octanol–water partition coefficient (Wildman–Crippen LogP) is 8.92. The van der Waals surface area contributed by atoms with Crippen LogP contribution < -0.4 is 0 Å². The molecule has 2 heteroatoms. The molecule has 2 nitrogen and oxygen atoms in total. The van der Waals surface area contributed by atoms with Crippen LogP contribution in [0.1, 0.15) is 82.5 Å². The molecule has 2 aromatic heterocycles. The molecule has 1 N–H and O–H groups in total. The Hall–Kier alpha value is -3.13. The minimum absolute atomic E-state index is 0. The van der Waals surface area contributed by atoms with Crippen molar-refractivity contribution in [2.75, 3.05) is 0 Å². The molecule has 0 atom stereocenters. The summed E-state index contributed by atoms with van der Waals surface area (Å²) in [5.74, 6) is 0.610. The number of aryl methyl sites for hydroxylation is 2. The van der Waals surface area contributed by atoms with E-state index >= 15 is 0 Å². The van der Waals surface area contributed by atoms with Gasteiger partial charge in [-0.1, -0.05) is 71.0 Å². The van der Waals surface area contributed by atoms with Gasteiger partial charge in [0.05, 0.1) is 0 Å². The number of nitrogens with zero attached hydrogens (tertiary/aromatic N) is 1. The number of H-pyrrole nitrogens is 1. The van der Waals surface area contributed by atoms with Crippen molar-refractivity contribution in [3.63, 3.8) is 0 Å². The van der Waals surface area contributed by atoms with Crippen LogP contribution >= 0.6 is 0 Å². The molecule has 1 aliphatic carbocycles. The number of allylic oxidation sites excluding steroid dienone is 1. The zero-order valence-electron chi connectivity index (χ0n) is 21.1. The minimum Gasteiger partial charge on any atom is -0.361 e. The second kappa shape index (κ2) is 11.7. The van der Waals surface area contributed by atoms with Crippen LogP contribution in [-0.4, -0.2) is 9.97 Å². The third-order valence-corrected chi connectivity index (χ3v) is 6.05. The van der Waals surface area contributed by atoms with Gasteiger partial charge in [-0.2, -0.15) is 0 Å². The van der Waals surface area contributed by atoms with Crippen molar-refractivity contribution >= 4 is 17.0 Å². The Bertz CT molecular complexity index is 1220. The second-order valence-corrected chi connectivity index (χ2v) is 8.75. The fourth-order valence-electron chi connectivity index (χ4n) is 4.22. The van der Waals surface area contributed by atoms with E-state index in [0.717, 1.165) is 25.0 Å². The lowest BCUT2D eigenvalue weighted by Gasteiger charge is -2.05. The molecular formula is C31H42N2. The molecule has 0 bridgehead atoms. The highest BCUT2D eigenvalue weighted by Gasteiger charge is 2.06. The molecule has 5 rings (SSSR count). The third kappa shape index (κ3) is 6.22. The first-order valence-electron chi connectivity index (χ1n) is 12.3. The summed E-state index contributed by atoms with van der Waals surface area (Å²) in [5.41, 5.74) is 10.7. The molecule has 0 amide bonds. The lowest BCUT2D eigenvalue weighted by Crippen LogP contribution is -1.92. The topological polar surface area (TPSA) is 28.7 Å². The lowest BCUT2D eigenvalue weighted by atomic mass is 10.00. The van der Waals surface area contributed by atoms with Crippen LogP contribution in [0.2, 0.25) is 0 Å². The number of rotatable bonds is 4. The van der Waals surface area contributed by atoms with Crippen molar-refractivity contribution < 1.29 is 2.85 Å². The highest BCUT2D eigenvalue weighted by atomic mass is 14.7. The number of aromatic nitrogens is 2. The number of benzene rings is 2. The van der Waals surface area contributed by atoms with Crippen LogP contribution in [-0.2, 0) is 19.3 Å². The number of fused-ring (bicyclic) bond motifs is 2. The number of pyridine rings is 1. The molecule has 0 unspecified atom stereocenters. The molecule has 0 aliphatic heterocycles. The van der Waals surface area contributed by atoms with Crippen molar-refractivity contribution in [2.45, 2.75) is 66.7 Å². The third-order valence-electron chi connectivity index (χ3n) is 6.05. The maximum atomic E-state index is 4.23. The molecule has 2 heterocycles. The molecule has 0 saturated heterocycles. The average Bonchev–Trinajstić information content (AvgIpc) is 3.46. The molecule has 176 valence electrons. The summed E-state index contributed by atoms with van der Waals surface area (Å²) >= 11 is 0. The van der Waals surface area contributed by atoms with E-state index in [2.05, 4.69) is 97.6 Å². The van der Waals surface area contributed by atoms with Gasteiger partial charge in [-0.15, -0.1) is 0 Å². The van der Waals surface area contributed by atoms with Crippen molar-refractivity contribution in [2.24, 2.45) is 0 Å². The van der Waals surface area contributed by atoms with Crippen molar-refractivity contribution in [1.29, 1.82) is 0 Å². The largest absolute Gasteiger partial charge is 0.361 e. The van der Waals surface area contributed by atoms with Gasteiger partial charge in [0.2, 0.25) is 0 Å². The van der Waals surface area contributed by atoms with Gasteiger partial charge in [-0.25, -0.2) is 0 Å². The minimum atomic E-state index is 0. The molecule has 0 radical (unpaired) electrons. The molecule has 33 heavy (non-hydrogen) atoms. The summed E-state index contributed by atoms with van der Waals surface area (Å²) in [6, 6.07) is 17.7. The van der Waals surface area contributed by atoms with E-state index in [1.807, 2.05) is 27.0 Å². The smallest absolute Gasteiger partial charge is 0.0456 e. The van der Waals surface area contributed by atoms with Crippen LogP contribution in [0.3, 0.4) is 0 Å². The van der Waals surface area contributed by atoms with Gasteiger partial charge in [0.1, 0.15) is 0 Å². The first kappa shape index (κ1) is 24.5. The fourth-order valence-corrected chi connectivity index (χ4v) is 4.22. The number of aromatic amines is 1. The normalized spacial score (nSPS) is 11.6. The molecule has 0 fully saturated rings. The summed E-state index contributed by atoms with van der Waals surface area (Å²) in [4.78, 5) is 7.53. The highest BCUT2D eigenvalue weighted by molar-refractivity contribution is 5.84. The van der Waals surface area contributed by atoms with Gasteiger partial charge in [-0.3, -0.25) is 4.98 Å². The van der Waals surface area contributed by atoms with E-state index < -0.39 is 0 Å². The van der Waals surface area contributed by atoms with Gasteiger partial charge < -0.3 is 4.98 Å². The quantitative estimate of drug-likeness (QED) is 0.336. The van der Waals surface area contributed by atoms with Crippen molar-refractivity contribution in [3.05, 3.63) is 106 Å². The summed E-state index contributed by atoms with van der Waals surface area (Å²) in [5, 5.41) is 1.39. The van der Waals surface area contributed by atoms with Gasteiger partial charge >= 0.3 is 0 Å². The maximum absolute atomic E-state index is 4.23. The highest BCUT2D eigenvalue weighted by Crippen LogP contribution is 2.24. The summed E-state index contributed by atoms with van der Waals surface area (Å²) < 4.78 is 0. The number of hydrogen-bond donors (Lipinski definition) is 1. The maximum Gasteiger partial charge on any atom is 0.0456 e. The Morgan fingerprint density at radius 3 is 2.52 bits per heavy atom. The summed E-state index contributed by atoms with van der Waals surface area (Å²) in [7, 11) is 0.